The maximum Gasteiger partial charge on any atom is 0.408 e. The van der Waals surface area contributed by atoms with Gasteiger partial charge in [0.1, 0.15) is 23.4 Å². The van der Waals surface area contributed by atoms with Crippen LogP contribution >= 0.6 is 23.2 Å². The van der Waals surface area contributed by atoms with Gasteiger partial charge in [0.15, 0.2) is 0 Å². The zero-order chi connectivity index (χ0) is 34.6. The molecule has 0 saturated carbocycles. The quantitative estimate of drug-likeness (QED) is 0.160. The predicted molar refractivity (Wildman–Crippen MR) is 182 cm³/mol. The summed E-state index contributed by atoms with van der Waals surface area (Å²) in [5, 5.41) is 17.8. The van der Waals surface area contributed by atoms with Crippen LogP contribution in [0.5, 0.6) is 5.75 Å². The van der Waals surface area contributed by atoms with Crippen molar-refractivity contribution in [1.29, 1.82) is 0 Å². The number of benzene rings is 2. The fraction of sp³-hybridized carbons (Fsp3) is 0.471. The average molecular weight is 689 g/mol. The minimum Gasteiger partial charge on any atom is -0.496 e. The van der Waals surface area contributed by atoms with Gasteiger partial charge in [0, 0.05) is 28.1 Å². The second-order valence-corrected chi connectivity index (χ2v) is 13.3. The molecular formula is C34H43Cl2N5O6. The van der Waals surface area contributed by atoms with E-state index in [2.05, 4.69) is 15.6 Å². The molecule has 0 spiro atoms. The van der Waals surface area contributed by atoms with E-state index >= 15 is 0 Å². The summed E-state index contributed by atoms with van der Waals surface area (Å²) in [6.45, 7) is 7.24. The largest absolute Gasteiger partial charge is 0.496 e. The van der Waals surface area contributed by atoms with Crippen LogP contribution in [0.2, 0.25) is 10.0 Å². The van der Waals surface area contributed by atoms with E-state index < -0.39 is 47.4 Å². The van der Waals surface area contributed by atoms with Crippen LogP contribution in [0.3, 0.4) is 0 Å². The molecule has 0 saturated heterocycles. The zero-order valence-electron chi connectivity index (χ0n) is 27.3. The van der Waals surface area contributed by atoms with Crippen LogP contribution < -0.4 is 21.1 Å². The van der Waals surface area contributed by atoms with Gasteiger partial charge in [-0.2, -0.15) is 0 Å². The molecule has 0 radical (unpaired) electrons. The van der Waals surface area contributed by atoms with E-state index in [0.29, 0.717) is 51.5 Å². The van der Waals surface area contributed by atoms with Crippen LogP contribution in [0.15, 0.2) is 36.4 Å². The summed E-state index contributed by atoms with van der Waals surface area (Å²) < 4.78 is 5.45. The van der Waals surface area contributed by atoms with E-state index in [0.717, 1.165) is 16.2 Å². The molecule has 2 unspecified atom stereocenters. The summed E-state index contributed by atoms with van der Waals surface area (Å²) in [6.07, 6.45) is 0.308. The van der Waals surface area contributed by atoms with Crippen molar-refractivity contribution in [1.82, 2.24) is 20.5 Å². The Balaban J connectivity index is 1.80. The highest BCUT2D eigenvalue weighted by Crippen LogP contribution is 2.38. The number of halogens is 2. The number of hydrogen-bond donors (Lipinski definition) is 5. The number of ether oxygens (including phenoxy) is 1. The van der Waals surface area contributed by atoms with Crippen LogP contribution in [0.25, 0.3) is 10.9 Å². The first-order valence-electron chi connectivity index (χ1n) is 15.8. The molecule has 1 heterocycles. The van der Waals surface area contributed by atoms with Crippen molar-refractivity contribution >= 4 is 57.9 Å². The molecule has 0 bridgehead atoms. The lowest BCUT2D eigenvalue weighted by molar-refractivity contribution is -0.139. The second-order valence-electron chi connectivity index (χ2n) is 12.4. The molecule has 3 aromatic rings. The predicted octanol–water partition coefficient (Wildman–Crippen LogP) is 5.44. The number of nitrogens with one attached hydrogen (secondary N) is 3. The fourth-order valence-corrected chi connectivity index (χ4v) is 6.92. The van der Waals surface area contributed by atoms with E-state index in [9.17, 15) is 24.3 Å². The van der Waals surface area contributed by atoms with E-state index in [1.54, 1.807) is 43.3 Å². The number of aryl methyl sites for hydroxylation is 1. The summed E-state index contributed by atoms with van der Waals surface area (Å²) in [7, 11) is 1.49. The van der Waals surface area contributed by atoms with Gasteiger partial charge >= 0.3 is 6.09 Å². The number of nitrogens with zero attached hydrogens (tertiary/aromatic N) is 1. The Labute approximate surface area is 284 Å². The minimum atomic E-state index is -1.56. The Morgan fingerprint density at radius 3 is 2.40 bits per heavy atom. The normalized spacial score (nSPS) is 18.4. The monoisotopic (exact) mass is 687 g/mol. The molecule has 13 heteroatoms. The van der Waals surface area contributed by atoms with Gasteiger partial charge in [0.05, 0.1) is 24.2 Å². The van der Waals surface area contributed by atoms with Gasteiger partial charge in [0.25, 0.3) is 0 Å². The SMILES string of the molecule is CC[C@H](C)C(NC(=O)[C@@]1(NC(=O)C([C@@H](C)CC)N(Cc2ccccc2OC)C(=O)O)CCc2[nH]c3c(Cl)cc(Cl)cc3c2C1)C(N)=O. The maximum absolute atomic E-state index is 14.5. The molecular weight excluding hydrogens is 645 g/mol. The number of aromatic nitrogens is 1. The second kappa shape index (κ2) is 14.9. The molecule has 5 atom stereocenters. The van der Waals surface area contributed by atoms with Crippen LogP contribution in [0, 0.1) is 11.8 Å². The first kappa shape index (κ1) is 35.9. The van der Waals surface area contributed by atoms with Gasteiger partial charge in [-0.1, -0.05) is 81.9 Å². The van der Waals surface area contributed by atoms with E-state index in [4.69, 9.17) is 33.7 Å². The number of methoxy groups -OCH3 is 1. The van der Waals surface area contributed by atoms with Gasteiger partial charge in [-0.25, -0.2) is 4.79 Å². The van der Waals surface area contributed by atoms with Crippen LogP contribution in [0.1, 0.15) is 63.8 Å². The van der Waals surface area contributed by atoms with Crippen LogP contribution in [-0.4, -0.2) is 63.5 Å². The van der Waals surface area contributed by atoms with Crippen molar-refractivity contribution in [2.24, 2.45) is 17.6 Å². The molecule has 1 aliphatic rings. The smallest absolute Gasteiger partial charge is 0.408 e. The fourth-order valence-electron chi connectivity index (χ4n) is 6.38. The molecule has 0 fully saturated rings. The molecule has 11 nitrogen and oxygen atoms in total. The van der Waals surface area contributed by atoms with E-state index in [1.165, 1.54) is 7.11 Å². The Morgan fingerprint density at radius 1 is 1.11 bits per heavy atom. The lowest BCUT2D eigenvalue weighted by Crippen LogP contribution is -2.67. The van der Waals surface area contributed by atoms with Gasteiger partial charge < -0.3 is 31.2 Å². The standard InChI is InChI=1S/C34H43Cl2N5O6/c1-6-18(3)27(30(37)42)39-32(44)34(13-12-25-23(16-34)22-14-21(35)15-24(36)28(22)38-25)40-31(43)29(19(4)7-2)41(33(45)46)17-20-10-8-9-11-26(20)47-5/h8-11,14-15,18-19,27,29,38H,6-7,12-13,16-17H2,1-5H3,(H2,37,42)(H,39,44)(H,40,43)(H,45,46)/t18-,19-,27?,29?,34+/m0/s1. The van der Waals surface area contributed by atoms with Crippen molar-refractivity contribution in [3.63, 3.8) is 0 Å². The first-order chi connectivity index (χ1) is 22.3. The van der Waals surface area contributed by atoms with Crippen LogP contribution in [0.4, 0.5) is 4.79 Å². The van der Waals surface area contributed by atoms with Crippen LogP contribution in [-0.2, 0) is 33.8 Å². The summed E-state index contributed by atoms with van der Waals surface area (Å²) in [5.74, 6) is -2.13. The number of H-pyrrole nitrogens is 1. The number of primary amides is 1. The third-order valence-electron chi connectivity index (χ3n) is 9.47. The Kier molecular flexibility index (Phi) is 11.3. The third kappa shape index (κ3) is 7.46. The lowest BCUT2D eigenvalue weighted by Gasteiger charge is -2.41. The van der Waals surface area contributed by atoms with Gasteiger partial charge in [-0.15, -0.1) is 0 Å². The zero-order valence-corrected chi connectivity index (χ0v) is 28.8. The number of hydrogen-bond acceptors (Lipinski definition) is 5. The average Bonchev–Trinajstić information content (AvgIpc) is 3.40. The molecule has 1 aliphatic carbocycles. The van der Waals surface area contributed by atoms with Gasteiger partial charge in [-0.05, 0) is 48.4 Å². The van der Waals surface area contributed by atoms with Crippen molar-refractivity contribution in [2.75, 3.05) is 7.11 Å². The Hall–Kier alpha value is -3.96. The number of aromatic amines is 1. The number of rotatable bonds is 13. The van der Waals surface area contributed by atoms with Crippen molar-refractivity contribution in [2.45, 2.75) is 84.0 Å². The highest BCUT2D eigenvalue weighted by molar-refractivity contribution is 6.38. The molecule has 4 rings (SSSR count). The van der Waals surface area contributed by atoms with E-state index in [-0.39, 0.29) is 25.3 Å². The maximum atomic E-state index is 14.5. The van der Waals surface area contributed by atoms with E-state index in [1.807, 2.05) is 20.8 Å². The number of carbonyl (C=O) groups excluding carboxylic acids is 3. The van der Waals surface area contributed by atoms with Crippen molar-refractivity contribution < 1.29 is 29.0 Å². The molecule has 47 heavy (non-hydrogen) atoms. The number of amides is 4. The number of carboxylic acid groups (broad SMARTS) is 1. The molecule has 2 aromatic carbocycles. The Bertz CT molecular complexity index is 1660. The molecule has 0 aliphatic heterocycles. The highest BCUT2D eigenvalue weighted by Gasteiger charge is 2.47. The number of carbonyl (C=O) groups is 4. The highest BCUT2D eigenvalue weighted by atomic mass is 35.5. The van der Waals surface area contributed by atoms with Crippen molar-refractivity contribution in [3.05, 3.63) is 63.3 Å². The Morgan fingerprint density at radius 2 is 1.79 bits per heavy atom. The first-order valence-corrected chi connectivity index (χ1v) is 16.5. The van der Waals surface area contributed by atoms with Crippen molar-refractivity contribution in [3.8, 4) is 5.75 Å². The number of fused-ring (bicyclic) bond motifs is 3. The summed E-state index contributed by atoms with van der Waals surface area (Å²) in [4.78, 5) is 58.6. The van der Waals surface area contributed by atoms with Gasteiger partial charge in [-0.3, -0.25) is 19.3 Å². The summed E-state index contributed by atoms with van der Waals surface area (Å²) in [5.41, 5.74) is 6.99. The molecule has 4 amide bonds. The molecule has 6 N–H and O–H groups in total. The minimum absolute atomic E-state index is 0.0371. The molecule has 1 aromatic heterocycles. The summed E-state index contributed by atoms with van der Waals surface area (Å²) >= 11 is 12.9. The molecule has 254 valence electrons. The topological polar surface area (TPSA) is 167 Å². The number of nitrogens with two attached hydrogens (primary N) is 1. The van der Waals surface area contributed by atoms with Gasteiger partial charge in [0.2, 0.25) is 17.7 Å². The number of para-hydroxylation sites is 1. The third-order valence-corrected chi connectivity index (χ3v) is 9.99. The lowest BCUT2D eigenvalue weighted by atomic mass is 9.78. The summed E-state index contributed by atoms with van der Waals surface area (Å²) in [6, 6.07) is 8.22.